The molecule has 5 nitrogen and oxygen atoms in total. The van der Waals surface area contributed by atoms with Gasteiger partial charge < -0.3 is 0 Å². The van der Waals surface area contributed by atoms with Crippen molar-refractivity contribution in [2.45, 2.75) is 56.8 Å². The van der Waals surface area contributed by atoms with E-state index >= 15 is 4.39 Å². The van der Waals surface area contributed by atoms with Gasteiger partial charge in [-0.05, 0) is 36.6 Å². The van der Waals surface area contributed by atoms with E-state index in [0.717, 1.165) is 35.0 Å². The number of carbonyl (C=O) groups is 1. The molecule has 0 aliphatic heterocycles. The van der Waals surface area contributed by atoms with Crippen molar-refractivity contribution < 1.29 is 43.9 Å². The predicted octanol–water partition coefficient (Wildman–Crippen LogP) is 6.84. The summed E-state index contributed by atoms with van der Waals surface area (Å²) >= 11 is 0. The van der Waals surface area contributed by atoms with Gasteiger partial charge in [0, 0.05) is 28.6 Å². The second-order valence-corrected chi connectivity index (χ2v) is 11.5. The molecule has 13 heteroatoms. The van der Waals surface area contributed by atoms with E-state index in [1.807, 2.05) is 0 Å². The predicted molar refractivity (Wildman–Crippen MR) is 126 cm³/mol. The number of nitrogens with zero attached hydrogens (tertiary/aromatic N) is 1. The molecule has 1 N–H and O–H groups in total. The Morgan fingerprint density at radius 1 is 1.03 bits per heavy atom. The molecule has 0 saturated heterocycles. The van der Waals surface area contributed by atoms with Crippen molar-refractivity contribution in [1.82, 2.24) is 9.29 Å². The van der Waals surface area contributed by atoms with Crippen LogP contribution in [0.25, 0.3) is 22.0 Å². The third kappa shape index (κ3) is 5.18. The molecule has 1 saturated carbocycles. The van der Waals surface area contributed by atoms with E-state index in [1.54, 1.807) is 4.72 Å². The lowest BCUT2D eigenvalue weighted by Crippen LogP contribution is -2.44. The molecule has 1 fully saturated rings. The summed E-state index contributed by atoms with van der Waals surface area (Å²) in [6.45, 7) is 2.91. The first-order chi connectivity index (χ1) is 17.5. The number of alkyl halides is 6. The van der Waals surface area contributed by atoms with Crippen LogP contribution in [0.15, 0.2) is 42.6 Å². The summed E-state index contributed by atoms with van der Waals surface area (Å²) in [6.07, 6.45) is -8.35. The standard InChI is InChI=1S/C25H23F7N2O3S/c1-13(2)23(35)34-12-18(22(25(30,31)32)33-38(36,37)14-6-5-7-14)17-10-20(26)16(11-21(17)34)15-8-3-4-9-19(15)24(27,28)29/h3-4,8-14,22,33H,5-7H2,1-2H3/t22-/m0/s1. The fraction of sp³-hybridized carbons (Fsp3) is 0.400. The molecular weight excluding hydrogens is 541 g/mol. The molecule has 1 atom stereocenters. The lowest BCUT2D eigenvalue weighted by molar-refractivity contribution is -0.152. The summed E-state index contributed by atoms with van der Waals surface area (Å²) in [5, 5.41) is -1.47. The largest absolute Gasteiger partial charge is 0.417 e. The zero-order chi connectivity index (χ0) is 28.2. The maximum Gasteiger partial charge on any atom is 0.417 e. The SMILES string of the molecule is CC(C)C(=O)n1cc([C@H](NS(=O)(=O)C2CCC2)C(F)(F)F)c2cc(F)c(-c3ccccc3C(F)(F)F)cc21. The number of fused-ring (bicyclic) bond motifs is 1. The van der Waals surface area contributed by atoms with Gasteiger partial charge in [-0.15, -0.1) is 0 Å². The monoisotopic (exact) mass is 564 g/mol. The number of hydrogen-bond donors (Lipinski definition) is 1. The molecule has 1 aliphatic rings. The summed E-state index contributed by atoms with van der Waals surface area (Å²) in [5.74, 6) is -2.75. The Morgan fingerprint density at radius 2 is 1.66 bits per heavy atom. The van der Waals surface area contributed by atoms with E-state index in [4.69, 9.17) is 0 Å². The van der Waals surface area contributed by atoms with Crippen molar-refractivity contribution in [1.29, 1.82) is 0 Å². The van der Waals surface area contributed by atoms with Gasteiger partial charge in [-0.25, -0.2) is 12.8 Å². The lowest BCUT2D eigenvalue weighted by Gasteiger charge is -2.29. The number of benzene rings is 2. The van der Waals surface area contributed by atoms with Crippen LogP contribution >= 0.6 is 0 Å². The van der Waals surface area contributed by atoms with Gasteiger partial charge in [0.15, 0.2) is 0 Å². The van der Waals surface area contributed by atoms with Crippen molar-refractivity contribution in [3.05, 3.63) is 59.5 Å². The van der Waals surface area contributed by atoms with E-state index in [-0.39, 0.29) is 18.4 Å². The maximum atomic E-state index is 15.3. The second-order valence-electron chi connectivity index (χ2n) is 9.53. The normalized spacial score (nSPS) is 16.2. The molecule has 0 bridgehead atoms. The molecule has 1 heterocycles. The topological polar surface area (TPSA) is 68.2 Å². The minimum atomic E-state index is -5.17. The Hall–Kier alpha value is -2.93. The number of carbonyl (C=O) groups excluding carboxylic acids is 1. The van der Waals surface area contributed by atoms with E-state index in [1.165, 1.54) is 19.9 Å². The van der Waals surface area contributed by atoms with Gasteiger partial charge in [0.1, 0.15) is 11.9 Å². The number of halogens is 7. The molecule has 0 amide bonds. The third-order valence-electron chi connectivity index (χ3n) is 6.59. The molecule has 2 aromatic carbocycles. The molecule has 0 unspecified atom stereocenters. The molecule has 1 aliphatic carbocycles. The highest BCUT2D eigenvalue weighted by Crippen LogP contribution is 2.43. The van der Waals surface area contributed by atoms with Crippen LogP contribution in [0, 0.1) is 11.7 Å². The van der Waals surface area contributed by atoms with Crippen LogP contribution in [0.3, 0.4) is 0 Å². The number of aromatic nitrogens is 1. The second kappa shape index (κ2) is 9.67. The van der Waals surface area contributed by atoms with Crippen molar-refractivity contribution in [3.63, 3.8) is 0 Å². The Morgan fingerprint density at radius 3 is 2.18 bits per heavy atom. The van der Waals surface area contributed by atoms with E-state index < -0.39 is 79.0 Å². The van der Waals surface area contributed by atoms with E-state index in [9.17, 15) is 39.6 Å². The minimum Gasteiger partial charge on any atom is -0.287 e. The molecule has 0 radical (unpaired) electrons. The smallest absolute Gasteiger partial charge is 0.287 e. The van der Waals surface area contributed by atoms with Crippen molar-refractivity contribution >= 4 is 26.8 Å². The molecule has 4 rings (SSSR count). The molecule has 0 spiro atoms. The third-order valence-corrected chi connectivity index (χ3v) is 8.50. The lowest BCUT2D eigenvalue weighted by atomic mass is 9.96. The van der Waals surface area contributed by atoms with Gasteiger partial charge in [-0.2, -0.15) is 31.1 Å². The minimum absolute atomic E-state index is 0.185. The fourth-order valence-corrected chi connectivity index (χ4v) is 6.12. The summed E-state index contributed by atoms with van der Waals surface area (Å²) < 4.78 is 126. The first-order valence-corrected chi connectivity index (χ1v) is 13.2. The molecule has 206 valence electrons. The summed E-state index contributed by atoms with van der Waals surface area (Å²) in [4.78, 5) is 12.9. The van der Waals surface area contributed by atoms with Gasteiger partial charge >= 0.3 is 12.4 Å². The Bertz CT molecular complexity index is 1490. The Labute approximate surface area is 213 Å². The van der Waals surface area contributed by atoms with Gasteiger partial charge in [0.2, 0.25) is 15.9 Å². The molecule has 1 aromatic heterocycles. The number of sulfonamides is 1. The average Bonchev–Trinajstić information content (AvgIpc) is 3.11. The fourth-order valence-electron chi connectivity index (χ4n) is 4.38. The van der Waals surface area contributed by atoms with Crippen LogP contribution < -0.4 is 4.72 Å². The van der Waals surface area contributed by atoms with Crippen LogP contribution in [0.4, 0.5) is 30.7 Å². The van der Waals surface area contributed by atoms with Crippen molar-refractivity contribution in [3.8, 4) is 11.1 Å². The van der Waals surface area contributed by atoms with Crippen LogP contribution in [0.5, 0.6) is 0 Å². The quantitative estimate of drug-likeness (QED) is 0.334. The highest BCUT2D eigenvalue weighted by molar-refractivity contribution is 7.90. The van der Waals surface area contributed by atoms with Crippen LogP contribution in [-0.2, 0) is 16.2 Å². The van der Waals surface area contributed by atoms with Crippen LogP contribution in [0.2, 0.25) is 0 Å². The van der Waals surface area contributed by atoms with E-state index in [2.05, 4.69) is 0 Å². The van der Waals surface area contributed by atoms with Crippen molar-refractivity contribution in [2.75, 3.05) is 0 Å². The summed E-state index contributed by atoms with van der Waals surface area (Å²) in [6, 6.07) is 2.76. The molecule has 3 aromatic rings. The van der Waals surface area contributed by atoms with Gasteiger partial charge in [0.05, 0.1) is 16.3 Å². The maximum absolute atomic E-state index is 15.3. The first-order valence-electron chi connectivity index (χ1n) is 11.7. The first kappa shape index (κ1) is 28.1. The number of hydrogen-bond acceptors (Lipinski definition) is 3. The van der Waals surface area contributed by atoms with Gasteiger partial charge in [0.25, 0.3) is 0 Å². The zero-order valence-electron chi connectivity index (χ0n) is 20.1. The summed E-state index contributed by atoms with van der Waals surface area (Å²) in [7, 11) is -4.42. The van der Waals surface area contributed by atoms with Crippen molar-refractivity contribution in [2.24, 2.45) is 5.92 Å². The highest BCUT2D eigenvalue weighted by atomic mass is 32.2. The Balaban J connectivity index is 1.98. The number of nitrogens with one attached hydrogen (secondary N) is 1. The van der Waals surface area contributed by atoms with Gasteiger partial charge in [-0.3, -0.25) is 9.36 Å². The van der Waals surface area contributed by atoms with E-state index in [0.29, 0.717) is 12.5 Å². The van der Waals surface area contributed by atoms with Crippen LogP contribution in [-0.4, -0.2) is 30.3 Å². The summed E-state index contributed by atoms with van der Waals surface area (Å²) in [5.41, 5.74) is -3.34. The number of rotatable bonds is 6. The molecule has 38 heavy (non-hydrogen) atoms. The van der Waals surface area contributed by atoms with Gasteiger partial charge in [-0.1, -0.05) is 38.5 Å². The Kier molecular flexibility index (Phi) is 7.15. The zero-order valence-corrected chi connectivity index (χ0v) is 20.9. The van der Waals surface area contributed by atoms with Crippen LogP contribution in [0.1, 0.15) is 55.1 Å². The highest BCUT2D eigenvalue weighted by Gasteiger charge is 2.47. The molecular formula is C25H23F7N2O3S. The average molecular weight is 565 g/mol.